The number of halogens is 1. The second-order valence-electron chi connectivity index (χ2n) is 7.29. The van der Waals surface area contributed by atoms with Gasteiger partial charge in [0.2, 0.25) is 5.28 Å². The molecule has 0 bridgehead atoms. The standard InChI is InChI=1S/C20H21ClN6O3S/c1-4-31(29,30)14-7-5-13(23-10-14)6-8-15-19(28)27(17(9-22)12(2)3)18-16(25-15)11-24-20(21)26-18/h5,7,10-12,17H,4,6,8H2,1-3H3/t17-/m0/s1. The highest BCUT2D eigenvalue weighted by atomic mass is 35.5. The maximum absolute atomic E-state index is 13.2. The first-order chi connectivity index (χ1) is 14.7. The Kier molecular flexibility index (Phi) is 6.67. The van der Waals surface area contributed by atoms with E-state index in [1.165, 1.54) is 23.0 Å². The van der Waals surface area contributed by atoms with Gasteiger partial charge < -0.3 is 0 Å². The minimum absolute atomic E-state index is 0.00340. The van der Waals surface area contributed by atoms with Crippen LogP contribution in [0.1, 0.15) is 38.2 Å². The van der Waals surface area contributed by atoms with Crippen molar-refractivity contribution in [2.75, 3.05) is 5.75 Å². The summed E-state index contributed by atoms with van der Waals surface area (Å²) in [5.74, 6) is -0.152. The van der Waals surface area contributed by atoms with Crippen LogP contribution < -0.4 is 5.56 Å². The molecule has 0 aromatic carbocycles. The molecule has 1 atom stereocenters. The molecule has 3 aromatic heterocycles. The zero-order valence-electron chi connectivity index (χ0n) is 17.3. The third kappa shape index (κ3) is 4.73. The van der Waals surface area contributed by atoms with Crippen molar-refractivity contribution in [1.82, 2.24) is 24.5 Å². The zero-order chi connectivity index (χ0) is 22.8. The molecule has 162 valence electrons. The number of fused-ring (bicyclic) bond motifs is 1. The molecule has 0 unspecified atom stereocenters. The van der Waals surface area contributed by atoms with Gasteiger partial charge in [-0.25, -0.2) is 18.4 Å². The fourth-order valence-corrected chi connectivity index (χ4v) is 4.06. The van der Waals surface area contributed by atoms with Crippen LogP contribution in [0.15, 0.2) is 34.2 Å². The van der Waals surface area contributed by atoms with Gasteiger partial charge in [0, 0.05) is 18.3 Å². The van der Waals surface area contributed by atoms with E-state index in [0.29, 0.717) is 17.6 Å². The van der Waals surface area contributed by atoms with Gasteiger partial charge in [-0.3, -0.25) is 14.3 Å². The van der Waals surface area contributed by atoms with E-state index in [1.807, 2.05) is 13.8 Å². The Morgan fingerprint density at radius 3 is 2.48 bits per heavy atom. The first-order valence-corrected chi connectivity index (χ1v) is 11.7. The lowest BCUT2D eigenvalue weighted by atomic mass is 10.1. The summed E-state index contributed by atoms with van der Waals surface area (Å²) in [6, 6.07) is 4.54. The molecule has 3 aromatic rings. The molecule has 0 aliphatic heterocycles. The average Bonchev–Trinajstić information content (AvgIpc) is 2.75. The van der Waals surface area contributed by atoms with Crippen molar-refractivity contribution in [2.45, 2.75) is 44.6 Å². The molecule has 11 heteroatoms. The summed E-state index contributed by atoms with van der Waals surface area (Å²) in [5, 5.41) is 9.61. The number of nitriles is 1. The van der Waals surface area contributed by atoms with E-state index in [9.17, 15) is 18.5 Å². The van der Waals surface area contributed by atoms with E-state index in [0.717, 1.165) is 0 Å². The topological polar surface area (TPSA) is 131 Å². The summed E-state index contributed by atoms with van der Waals surface area (Å²) in [6.07, 6.45) is 3.36. The number of hydrogen-bond donors (Lipinski definition) is 0. The minimum Gasteiger partial charge on any atom is -0.273 e. The number of aromatic nitrogens is 5. The lowest BCUT2D eigenvalue weighted by Gasteiger charge is -2.19. The van der Waals surface area contributed by atoms with Crippen LogP contribution in [0.5, 0.6) is 0 Å². The van der Waals surface area contributed by atoms with E-state index >= 15 is 0 Å². The summed E-state index contributed by atoms with van der Waals surface area (Å²) >= 11 is 5.91. The quantitative estimate of drug-likeness (QED) is 0.491. The molecule has 0 fully saturated rings. The molecule has 0 spiro atoms. The van der Waals surface area contributed by atoms with Gasteiger partial charge in [0.05, 0.1) is 22.9 Å². The molecule has 0 saturated heterocycles. The van der Waals surface area contributed by atoms with Gasteiger partial charge in [-0.05, 0) is 36.1 Å². The van der Waals surface area contributed by atoms with Crippen molar-refractivity contribution in [3.05, 3.63) is 51.6 Å². The van der Waals surface area contributed by atoms with Crippen molar-refractivity contribution in [3.63, 3.8) is 0 Å². The molecule has 0 aliphatic carbocycles. The lowest BCUT2D eigenvalue weighted by Crippen LogP contribution is -2.32. The number of hydrogen-bond acceptors (Lipinski definition) is 8. The van der Waals surface area contributed by atoms with E-state index in [2.05, 4.69) is 26.0 Å². The van der Waals surface area contributed by atoms with Crippen molar-refractivity contribution in [3.8, 4) is 6.07 Å². The van der Waals surface area contributed by atoms with Crippen LogP contribution in [0.4, 0.5) is 0 Å². The highest BCUT2D eigenvalue weighted by Gasteiger charge is 2.23. The average molecular weight is 461 g/mol. The van der Waals surface area contributed by atoms with Crippen LogP contribution in [0, 0.1) is 17.2 Å². The number of aryl methyl sites for hydroxylation is 2. The van der Waals surface area contributed by atoms with Crippen LogP contribution in [0.2, 0.25) is 5.28 Å². The molecule has 0 amide bonds. The smallest absolute Gasteiger partial charge is 0.273 e. The minimum atomic E-state index is -3.33. The van der Waals surface area contributed by atoms with Gasteiger partial charge in [0.1, 0.15) is 17.3 Å². The van der Waals surface area contributed by atoms with E-state index < -0.39 is 21.4 Å². The lowest BCUT2D eigenvalue weighted by molar-refractivity contribution is 0.454. The Balaban J connectivity index is 2.00. The largest absolute Gasteiger partial charge is 0.275 e. The molecular weight excluding hydrogens is 440 g/mol. The Bertz CT molecular complexity index is 1310. The normalized spacial score (nSPS) is 12.8. The predicted octanol–water partition coefficient (Wildman–Crippen LogP) is 2.53. The van der Waals surface area contributed by atoms with Crippen molar-refractivity contribution < 1.29 is 8.42 Å². The van der Waals surface area contributed by atoms with Gasteiger partial charge in [0.15, 0.2) is 15.5 Å². The van der Waals surface area contributed by atoms with Crippen LogP contribution in [-0.4, -0.2) is 38.7 Å². The van der Waals surface area contributed by atoms with Crippen LogP contribution in [0.25, 0.3) is 11.2 Å². The fourth-order valence-electron chi connectivity index (χ4n) is 3.11. The maximum Gasteiger partial charge on any atom is 0.275 e. The fraction of sp³-hybridized carbons (Fsp3) is 0.400. The number of nitrogens with zero attached hydrogens (tertiary/aromatic N) is 6. The second kappa shape index (κ2) is 9.08. The Labute approximate surface area is 184 Å². The molecule has 0 radical (unpaired) electrons. The third-order valence-electron chi connectivity index (χ3n) is 4.87. The van der Waals surface area contributed by atoms with Gasteiger partial charge >= 0.3 is 0 Å². The van der Waals surface area contributed by atoms with Gasteiger partial charge in [0.25, 0.3) is 5.56 Å². The van der Waals surface area contributed by atoms with E-state index in [1.54, 1.807) is 13.0 Å². The van der Waals surface area contributed by atoms with Crippen molar-refractivity contribution in [1.29, 1.82) is 5.26 Å². The van der Waals surface area contributed by atoms with Crippen molar-refractivity contribution in [2.24, 2.45) is 5.92 Å². The number of pyridine rings is 1. The molecular formula is C20H21ClN6O3S. The van der Waals surface area contributed by atoms with Crippen molar-refractivity contribution >= 4 is 32.6 Å². The van der Waals surface area contributed by atoms with Gasteiger partial charge in [-0.1, -0.05) is 20.8 Å². The van der Waals surface area contributed by atoms with Crippen LogP contribution in [-0.2, 0) is 22.7 Å². The summed E-state index contributed by atoms with van der Waals surface area (Å²) in [5.41, 5.74) is 1.01. The number of sulfone groups is 1. The molecule has 0 aliphatic rings. The molecule has 3 rings (SSSR count). The SMILES string of the molecule is CCS(=O)(=O)c1ccc(CCc2nc3cnc(Cl)nc3n([C@@H](C#N)C(C)C)c2=O)nc1. The van der Waals surface area contributed by atoms with Crippen LogP contribution in [0.3, 0.4) is 0 Å². The first kappa shape index (κ1) is 22.8. The highest BCUT2D eigenvalue weighted by Crippen LogP contribution is 2.20. The maximum atomic E-state index is 13.2. The third-order valence-corrected chi connectivity index (χ3v) is 6.77. The molecule has 9 nitrogen and oxygen atoms in total. The predicted molar refractivity (Wildman–Crippen MR) is 115 cm³/mol. The zero-order valence-corrected chi connectivity index (χ0v) is 18.9. The van der Waals surface area contributed by atoms with Crippen LogP contribution >= 0.6 is 11.6 Å². The highest BCUT2D eigenvalue weighted by molar-refractivity contribution is 7.91. The Hall–Kier alpha value is -2.90. The van der Waals surface area contributed by atoms with Gasteiger partial charge in [-0.2, -0.15) is 10.2 Å². The summed E-state index contributed by atoms with van der Waals surface area (Å²) < 4.78 is 25.2. The summed E-state index contributed by atoms with van der Waals surface area (Å²) in [4.78, 5) is 30.0. The van der Waals surface area contributed by atoms with Gasteiger partial charge in [-0.15, -0.1) is 0 Å². The summed E-state index contributed by atoms with van der Waals surface area (Å²) in [6.45, 7) is 5.25. The summed E-state index contributed by atoms with van der Waals surface area (Å²) in [7, 11) is -3.33. The van der Waals surface area contributed by atoms with E-state index in [-0.39, 0.29) is 39.6 Å². The molecule has 0 saturated carbocycles. The Morgan fingerprint density at radius 2 is 1.90 bits per heavy atom. The second-order valence-corrected chi connectivity index (χ2v) is 9.90. The molecule has 31 heavy (non-hydrogen) atoms. The van der Waals surface area contributed by atoms with E-state index in [4.69, 9.17) is 11.6 Å². The molecule has 3 heterocycles. The Morgan fingerprint density at radius 1 is 1.16 bits per heavy atom. The number of rotatable bonds is 7. The monoisotopic (exact) mass is 460 g/mol. The molecule has 0 N–H and O–H groups in total. The first-order valence-electron chi connectivity index (χ1n) is 9.69.